The third-order valence-electron chi connectivity index (χ3n) is 4.32. The molecule has 2 rings (SSSR count). The number of hydrogen-bond acceptors (Lipinski definition) is 4. The third-order valence-corrected chi connectivity index (χ3v) is 4.88. The van der Waals surface area contributed by atoms with Gasteiger partial charge in [-0.15, -0.1) is 0 Å². The van der Waals surface area contributed by atoms with E-state index in [1.807, 2.05) is 13.8 Å². The van der Waals surface area contributed by atoms with Gasteiger partial charge < -0.3 is 20.5 Å². The van der Waals surface area contributed by atoms with Crippen molar-refractivity contribution >= 4 is 46.5 Å². The minimum Gasteiger partial charge on any atom is -0.486 e. The number of nitrogens with one attached hydrogen (secondary N) is 2. The van der Waals surface area contributed by atoms with Crippen LogP contribution in [0, 0.1) is 0 Å². The van der Waals surface area contributed by atoms with Gasteiger partial charge in [0.05, 0.1) is 15.6 Å². The number of amides is 1. The molecule has 0 aliphatic rings. The first-order chi connectivity index (χ1) is 14.9. The number of benzene rings is 2. The van der Waals surface area contributed by atoms with E-state index in [1.54, 1.807) is 6.07 Å². The van der Waals surface area contributed by atoms with Gasteiger partial charge in [0.1, 0.15) is 13.0 Å². The van der Waals surface area contributed by atoms with Crippen molar-refractivity contribution in [3.63, 3.8) is 0 Å². The number of rotatable bonds is 9. The summed E-state index contributed by atoms with van der Waals surface area (Å²) in [5.41, 5.74) is -0.117. The molecule has 0 radical (unpaired) electrons. The van der Waals surface area contributed by atoms with Crippen molar-refractivity contribution in [1.82, 2.24) is 0 Å². The van der Waals surface area contributed by atoms with Gasteiger partial charge in [-0.25, -0.2) is 0 Å². The maximum atomic E-state index is 13.3. The van der Waals surface area contributed by atoms with Crippen molar-refractivity contribution in [2.24, 2.45) is 0 Å². The maximum absolute atomic E-state index is 13.3. The topological polar surface area (TPSA) is 87.7 Å². The standard InChI is InChI=1S/C21H21Cl2F3N2O4/c1-3-11(2)27-14-5-12(4-13(6-14)21(24,25)26)10-32-20-16(22)7-15(8-17(20)23)28-18(29)9-19(30)31/h4-8,11,27H,3,9-10H2,1-2H3,(H,28,29)(H,30,31). The van der Waals surface area contributed by atoms with Gasteiger partial charge in [-0.1, -0.05) is 30.1 Å². The molecule has 3 N–H and O–H groups in total. The van der Waals surface area contributed by atoms with Crippen molar-refractivity contribution < 1.29 is 32.6 Å². The summed E-state index contributed by atoms with van der Waals surface area (Å²) >= 11 is 12.3. The van der Waals surface area contributed by atoms with Gasteiger partial charge in [-0.2, -0.15) is 13.2 Å². The number of aliphatic carboxylic acids is 1. The lowest BCUT2D eigenvalue weighted by atomic mass is 10.1. The highest BCUT2D eigenvalue weighted by Crippen LogP contribution is 2.37. The number of alkyl halides is 3. The third kappa shape index (κ3) is 7.49. The molecule has 2 aromatic carbocycles. The van der Waals surface area contributed by atoms with E-state index in [9.17, 15) is 22.8 Å². The molecule has 6 nitrogen and oxygen atoms in total. The monoisotopic (exact) mass is 492 g/mol. The van der Waals surface area contributed by atoms with Gasteiger partial charge in [-0.05, 0) is 49.2 Å². The maximum Gasteiger partial charge on any atom is 0.416 e. The van der Waals surface area contributed by atoms with E-state index in [0.717, 1.165) is 18.6 Å². The van der Waals surface area contributed by atoms with Crippen molar-refractivity contribution in [3.05, 3.63) is 51.5 Å². The van der Waals surface area contributed by atoms with Crippen LogP contribution in [-0.4, -0.2) is 23.0 Å². The van der Waals surface area contributed by atoms with E-state index in [0.29, 0.717) is 5.69 Å². The fraction of sp³-hybridized carbons (Fsp3) is 0.333. The van der Waals surface area contributed by atoms with E-state index in [4.69, 9.17) is 33.0 Å². The summed E-state index contributed by atoms with van der Waals surface area (Å²) in [5.74, 6) is -2.06. The molecule has 2 aromatic rings. The zero-order chi connectivity index (χ0) is 24.1. The number of anilines is 2. The summed E-state index contributed by atoms with van der Waals surface area (Å²) in [6.07, 6.45) is -4.55. The van der Waals surface area contributed by atoms with Crippen LogP contribution in [0.3, 0.4) is 0 Å². The average Bonchev–Trinajstić information content (AvgIpc) is 2.65. The number of carboxylic acids is 1. The number of halogens is 5. The van der Waals surface area contributed by atoms with Crippen molar-refractivity contribution in [2.45, 2.75) is 45.5 Å². The predicted molar refractivity (Wildman–Crippen MR) is 116 cm³/mol. The van der Waals surface area contributed by atoms with Crippen molar-refractivity contribution in [1.29, 1.82) is 0 Å². The minimum atomic E-state index is -4.53. The SMILES string of the molecule is CCC(C)Nc1cc(COc2c(Cl)cc(NC(=O)CC(=O)O)cc2Cl)cc(C(F)(F)F)c1. The molecule has 0 aromatic heterocycles. The number of carbonyl (C=O) groups is 2. The second-order valence-electron chi connectivity index (χ2n) is 7.05. The van der Waals surface area contributed by atoms with Crippen LogP contribution in [0.1, 0.15) is 37.8 Å². The smallest absolute Gasteiger partial charge is 0.416 e. The van der Waals surface area contributed by atoms with Crippen LogP contribution < -0.4 is 15.4 Å². The lowest BCUT2D eigenvalue weighted by Gasteiger charge is -2.18. The summed E-state index contributed by atoms with van der Waals surface area (Å²) in [5, 5.41) is 14.0. The van der Waals surface area contributed by atoms with Crippen LogP contribution in [-0.2, 0) is 22.4 Å². The molecule has 0 saturated heterocycles. The first-order valence-corrected chi connectivity index (χ1v) is 10.3. The Kier molecular flexibility index (Phi) is 8.63. The highest BCUT2D eigenvalue weighted by Gasteiger charge is 2.31. The van der Waals surface area contributed by atoms with Crippen molar-refractivity contribution in [3.8, 4) is 5.75 Å². The first kappa shape index (κ1) is 25.6. The number of carboxylic acid groups (broad SMARTS) is 1. The Morgan fingerprint density at radius 2 is 1.72 bits per heavy atom. The second-order valence-corrected chi connectivity index (χ2v) is 7.86. The normalized spacial score (nSPS) is 12.2. The molecule has 1 atom stereocenters. The molecule has 174 valence electrons. The molecule has 0 bridgehead atoms. The van der Waals surface area contributed by atoms with Crippen LogP contribution in [0.5, 0.6) is 5.75 Å². The summed E-state index contributed by atoms with van der Waals surface area (Å²) < 4.78 is 45.5. The van der Waals surface area contributed by atoms with E-state index >= 15 is 0 Å². The van der Waals surface area contributed by atoms with Crippen LogP contribution in [0.25, 0.3) is 0 Å². The zero-order valence-corrected chi connectivity index (χ0v) is 18.7. The average molecular weight is 493 g/mol. The molecule has 1 amide bonds. The molecule has 0 fully saturated rings. The van der Waals surface area contributed by atoms with Gasteiger partial charge in [0.25, 0.3) is 0 Å². The fourth-order valence-electron chi connectivity index (χ4n) is 2.68. The lowest BCUT2D eigenvalue weighted by molar-refractivity contribution is -0.140. The predicted octanol–water partition coefficient (Wildman–Crippen LogP) is 6.21. The van der Waals surface area contributed by atoms with Gasteiger partial charge in [0.2, 0.25) is 5.91 Å². The molecule has 0 aliphatic carbocycles. The van der Waals surface area contributed by atoms with Gasteiger partial charge in [0, 0.05) is 17.4 Å². The Morgan fingerprint density at radius 1 is 1.09 bits per heavy atom. The van der Waals surface area contributed by atoms with Crippen LogP contribution in [0.4, 0.5) is 24.5 Å². The largest absolute Gasteiger partial charge is 0.486 e. The Hall–Kier alpha value is -2.65. The molecular formula is C21H21Cl2F3N2O4. The van der Waals surface area contributed by atoms with Gasteiger partial charge >= 0.3 is 12.1 Å². The molecule has 32 heavy (non-hydrogen) atoms. The molecule has 0 saturated carbocycles. The molecule has 1 unspecified atom stereocenters. The molecular weight excluding hydrogens is 472 g/mol. The fourth-order valence-corrected chi connectivity index (χ4v) is 3.27. The Bertz CT molecular complexity index is 976. The molecule has 0 spiro atoms. The summed E-state index contributed by atoms with van der Waals surface area (Å²) in [6.45, 7) is 3.52. The molecule has 0 aliphatic heterocycles. The first-order valence-electron chi connectivity index (χ1n) is 9.50. The van der Waals surface area contributed by atoms with E-state index in [2.05, 4.69) is 10.6 Å². The second kappa shape index (κ2) is 10.8. The minimum absolute atomic E-state index is 0.00643. The Morgan fingerprint density at radius 3 is 2.25 bits per heavy atom. The quantitative estimate of drug-likeness (QED) is 0.362. The highest BCUT2D eigenvalue weighted by molar-refractivity contribution is 6.37. The highest BCUT2D eigenvalue weighted by atomic mass is 35.5. The van der Waals surface area contributed by atoms with Gasteiger partial charge in [-0.3, -0.25) is 9.59 Å². The molecule has 11 heteroatoms. The summed E-state index contributed by atoms with van der Waals surface area (Å²) in [6, 6.07) is 6.12. The van der Waals surface area contributed by atoms with E-state index in [1.165, 1.54) is 12.1 Å². The zero-order valence-electron chi connectivity index (χ0n) is 17.1. The number of hydrogen-bond donors (Lipinski definition) is 3. The molecule has 0 heterocycles. The van der Waals surface area contributed by atoms with Crippen molar-refractivity contribution in [2.75, 3.05) is 10.6 Å². The summed E-state index contributed by atoms with van der Waals surface area (Å²) in [7, 11) is 0. The van der Waals surface area contributed by atoms with Crippen LogP contribution >= 0.6 is 23.2 Å². The number of ether oxygens (including phenoxy) is 1. The van der Waals surface area contributed by atoms with Gasteiger partial charge in [0.15, 0.2) is 5.75 Å². The Balaban J connectivity index is 2.22. The number of carbonyl (C=O) groups excluding carboxylic acids is 1. The summed E-state index contributed by atoms with van der Waals surface area (Å²) in [4.78, 5) is 22.2. The van der Waals surface area contributed by atoms with E-state index in [-0.39, 0.29) is 39.7 Å². The van der Waals surface area contributed by atoms with Crippen LogP contribution in [0.2, 0.25) is 10.0 Å². The van der Waals surface area contributed by atoms with Crippen LogP contribution in [0.15, 0.2) is 30.3 Å². The Labute approximate surface area is 192 Å². The lowest BCUT2D eigenvalue weighted by Crippen LogP contribution is -2.16. The van der Waals surface area contributed by atoms with E-state index < -0.39 is 30.0 Å².